The molecule has 0 aliphatic carbocycles. The predicted octanol–water partition coefficient (Wildman–Crippen LogP) is 5.89. The molecule has 0 bridgehead atoms. The number of thiocarbonyl (C=S) groups is 1. The summed E-state index contributed by atoms with van der Waals surface area (Å²) < 4.78 is 11.9. The Kier molecular flexibility index (Phi) is 8.00. The van der Waals surface area contributed by atoms with Gasteiger partial charge in [-0.1, -0.05) is 13.0 Å². The molecule has 0 saturated carbocycles. The quantitative estimate of drug-likeness (QED) is 0.379. The summed E-state index contributed by atoms with van der Waals surface area (Å²) in [6.07, 6.45) is 0.958. The number of aromatic nitrogens is 1. The standard InChI is InChI=1S/C22H22BrN3O3S2/c1-4-13(2)29-16-7-5-6-15(10-16)20(27)25-21(30)26-22-24-18(12-31-22)14-8-9-19(28-3)17(23)11-14/h5-13H,4H2,1-3H3,(H2,24,25,26,27,30). The van der Waals surface area contributed by atoms with Crippen molar-refractivity contribution in [1.82, 2.24) is 10.3 Å². The number of anilines is 1. The molecule has 1 unspecified atom stereocenters. The van der Waals surface area contributed by atoms with E-state index in [0.29, 0.717) is 16.4 Å². The minimum absolute atomic E-state index is 0.0754. The number of methoxy groups -OCH3 is 1. The van der Waals surface area contributed by atoms with Crippen molar-refractivity contribution in [1.29, 1.82) is 0 Å². The van der Waals surface area contributed by atoms with E-state index in [0.717, 1.165) is 27.9 Å². The fraction of sp³-hybridized carbons (Fsp3) is 0.227. The molecule has 162 valence electrons. The van der Waals surface area contributed by atoms with Crippen LogP contribution in [0.25, 0.3) is 11.3 Å². The van der Waals surface area contributed by atoms with Crippen LogP contribution in [0, 0.1) is 0 Å². The number of nitrogens with one attached hydrogen (secondary N) is 2. The Labute approximate surface area is 199 Å². The Morgan fingerprint density at radius 1 is 1.29 bits per heavy atom. The van der Waals surface area contributed by atoms with E-state index in [9.17, 15) is 4.79 Å². The number of carbonyl (C=O) groups excluding carboxylic acids is 1. The van der Waals surface area contributed by atoms with Crippen molar-refractivity contribution in [3.05, 3.63) is 57.9 Å². The number of hydrogen-bond donors (Lipinski definition) is 2. The topological polar surface area (TPSA) is 72.5 Å². The van der Waals surface area contributed by atoms with Crippen molar-refractivity contribution >= 4 is 55.6 Å². The lowest BCUT2D eigenvalue weighted by Crippen LogP contribution is -2.34. The number of carbonyl (C=O) groups is 1. The first-order valence-corrected chi connectivity index (χ1v) is 11.7. The van der Waals surface area contributed by atoms with Gasteiger partial charge in [-0.2, -0.15) is 0 Å². The maximum absolute atomic E-state index is 12.5. The maximum Gasteiger partial charge on any atom is 0.257 e. The summed E-state index contributed by atoms with van der Waals surface area (Å²) in [4.78, 5) is 17.1. The van der Waals surface area contributed by atoms with Crippen LogP contribution in [0.4, 0.5) is 5.13 Å². The number of benzene rings is 2. The molecule has 1 atom stereocenters. The van der Waals surface area contributed by atoms with Crippen molar-refractivity contribution in [3.63, 3.8) is 0 Å². The monoisotopic (exact) mass is 519 g/mol. The number of hydrogen-bond acceptors (Lipinski definition) is 6. The van der Waals surface area contributed by atoms with Crippen LogP contribution in [0.1, 0.15) is 30.6 Å². The highest BCUT2D eigenvalue weighted by Crippen LogP contribution is 2.32. The van der Waals surface area contributed by atoms with E-state index in [2.05, 4.69) is 31.5 Å². The number of amides is 1. The van der Waals surface area contributed by atoms with Crippen molar-refractivity contribution in [2.75, 3.05) is 12.4 Å². The van der Waals surface area contributed by atoms with Gasteiger partial charge in [-0.3, -0.25) is 10.1 Å². The van der Waals surface area contributed by atoms with Crippen LogP contribution in [0.2, 0.25) is 0 Å². The minimum Gasteiger partial charge on any atom is -0.496 e. The lowest BCUT2D eigenvalue weighted by atomic mass is 10.2. The van der Waals surface area contributed by atoms with E-state index >= 15 is 0 Å². The molecular formula is C22H22BrN3O3S2. The second-order valence-corrected chi connectivity index (χ2v) is 8.78. The molecule has 0 aliphatic heterocycles. The summed E-state index contributed by atoms with van der Waals surface area (Å²) in [6, 6.07) is 12.8. The molecular weight excluding hydrogens is 498 g/mol. The molecule has 0 spiro atoms. The summed E-state index contributed by atoms with van der Waals surface area (Å²) in [5.74, 6) is 1.08. The molecule has 0 saturated heterocycles. The van der Waals surface area contributed by atoms with E-state index in [4.69, 9.17) is 21.7 Å². The number of rotatable bonds is 7. The molecule has 2 aromatic carbocycles. The smallest absolute Gasteiger partial charge is 0.257 e. The number of ether oxygens (including phenoxy) is 2. The van der Waals surface area contributed by atoms with Gasteiger partial charge in [-0.25, -0.2) is 4.98 Å². The number of nitrogens with zero attached hydrogens (tertiary/aromatic N) is 1. The van der Waals surface area contributed by atoms with E-state index in [1.807, 2.05) is 43.5 Å². The summed E-state index contributed by atoms with van der Waals surface area (Å²) in [5.41, 5.74) is 2.19. The van der Waals surface area contributed by atoms with Gasteiger partial charge in [0.05, 0.1) is 23.4 Å². The van der Waals surface area contributed by atoms with Crippen molar-refractivity contribution in [3.8, 4) is 22.8 Å². The van der Waals surface area contributed by atoms with Crippen LogP contribution < -0.4 is 20.1 Å². The maximum atomic E-state index is 12.5. The van der Waals surface area contributed by atoms with Gasteiger partial charge in [-0.05, 0) is 77.9 Å². The molecule has 0 radical (unpaired) electrons. The van der Waals surface area contributed by atoms with Gasteiger partial charge < -0.3 is 14.8 Å². The highest BCUT2D eigenvalue weighted by atomic mass is 79.9. The van der Waals surface area contributed by atoms with Crippen LogP contribution in [0.3, 0.4) is 0 Å². The van der Waals surface area contributed by atoms with Gasteiger partial charge in [-0.15, -0.1) is 11.3 Å². The third kappa shape index (κ3) is 6.25. The first kappa shape index (κ1) is 23.2. The SMILES string of the molecule is CCC(C)Oc1cccc(C(=O)NC(=S)Nc2nc(-c3ccc(OC)c(Br)c3)cs2)c1. The van der Waals surface area contributed by atoms with Gasteiger partial charge >= 0.3 is 0 Å². The largest absolute Gasteiger partial charge is 0.496 e. The average molecular weight is 520 g/mol. The van der Waals surface area contributed by atoms with Gasteiger partial charge in [0.2, 0.25) is 0 Å². The summed E-state index contributed by atoms with van der Waals surface area (Å²) in [7, 11) is 1.62. The molecule has 31 heavy (non-hydrogen) atoms. The summed E-state index contributed by atoms with van der Waals surface area (Å²) >= 11 is 10.2. The first-order valence-electron chi connectivity index (χ1n) is 9.58. The van der Waals surface area contributed by atoms with Crippen LogP contribution in [-0.4, -0.2) is 29.2 Å². The highest BCUT2D eigenvalue weighted by Gasteiger charge is 2.12. The van der Waals surface area contributed by atoms with Crippen molar-refractivity contribution < 1.29 is 14.3 Å². The molecule has 3 rings (SSSR count). The summed E-state index contributed by atoms with van der Waals surface area (Å²) in [5, 5.41) is 8.32. The lowest BCUT2D eigenvalue weighted by molar-refractivity contribution is 0.0977. The summed E-state index contributed by atoms with van der Waals surface area (Å²) in [6.45, 7) is 4.03. The second-order valence-electron chi connectivity index (χ2n) is 6.66. The predicted molar refractivity (Wildman–Crippen MR) is 132 cm³/mol. The van der Waals surface area contributed by atoms with Gasteiger partial charge in [0, 0.05) is 16.5 Å². The Hall–Kier alpha value is -2.49. The van der Waals surface area contributed by atoms with E-state index in [1.165, 1.54) is 11.3 Å². The minimum atomic E-state index is -0.317. The van der Waals surface area contributed by atoms with Crippen LogP contribution >= 0.6 is 39.5 Å². The molecule has 1 amide bonds. The van der Waals surface area contributed by atoms with Crippen LogP contribution in [0.15, 0.2) is 52.3 Å². The molecule has 1 heterocycles. The van der Waals surface area contributed by atoms with Crippen LogP contribution in [-0.2, 0) is 0 Å². The lowest BCUT2D eigenvalue weighted by Gasteiger charge is -2.13. The normalized spacial score (nSPS) is 11.5. The second kappa shape index (κ2) is 10.7. The van der Waals surface area contributed by atoms with Gasteiger partial charge in [0.1, 0.15) is 11.5 Å². The fourth-order valence-electron chi connectivity index (χ4n) is 2.62. The van der Waals surface area contributed by atoms with Gasteiger partial charge in [0.25, 0.3) is 5.91 Å². The van der Waals surface area contributed by atoms with E-state index < -0.39 is 0 Å². The highest BCUT2D eigenvalue weighted by molar-refractivity contribution is 9.10. The average Bonchev–Trinajstić information content (AvgIpc) is 3.22. The molecule has 0 fully saturated rings. The number of halogens is 1. The Morgan fingerprint density at radius 2 is 2.10 bits per heavy atom. The third-order valence-corrected chi connectivity index (χ3v) is 5.99. The zero-order valence-electron chi connectivity index (χ0n) is 17.3. The van der Waals surface area contributed by atoms with Gasteiger partial charge in [0.15, 0.2) is 10.2 Å². The van der Waals surface area contributed by atoms with Crippen LogP contribution in [0.5, 0.6) is 11.5 Å². The molecule has 3 aromatic rings. The van der Waals surface area contributed by atoms with Crippen molar-refractivity contribution in [2.45, 2.75) is 26.4 Å². The number of thiazole rings is 1. The fourth-order valence-corrected chi connectivity index (χ4v) is 4.14. The third-order valence-electron chi connectivity index (χ3n) is 4.41. The van der Waals surface area contributed by atoms with E-state index in [-0.39, 0.29) is 17.1 Å². The Morgan fingerprint density at radius 3 is 2.81 bits per heavy atom. The zero-order valence-corrected chi connectivity index (χ0v) is 20.5. The molecule has 6 nitrogen and oxygen atoms in total. The first-order chi connectivity index (χ1) is 14.9. The zero-order chi connectivity index (χ0) is 22.4. The molecule has 9 heteroatoms. The van der Waals surface area contributed by atoms with E-state index in [1.54, 1.807) is 25.3 Å². The Balaban J connectivity index is 1.62. The molecule has 2 N–H and O–H groups in total. The molecule has 0 aliphatic rings. The molecule has 1 aromatic heterocycles. The Bertz CT molecular complexity index is 1090. The van der Waals surface area contributed by atoms with Crippen molar-refractivity contribution in [2.24, 2.45) is 0 Å².